The van der Waals surface area contributed by atoms with Gasteiger partial charge >= 0.3 is 0 Å². The summed E-state index contributed by atoms with van der Waals surface area (Å²) in [6, 6.07) is 2.48. The van der Waals surface area contributed by atoms with Crippen molar-refractivity contribution < 1.29 is 8.42 Å². The third-order valence-corrected chi connectivity index (χ3v) is 7.35. The van der Waals surface area contributed by atoms with Gasteiger partial charge in [-0.15, -0.1) is 11.3 Å². The quantitative estimate of drug-likeness (QED) is 0.908. The van der Waals surface area contributed by atoms with Gasteiger partial charge in [-0.2, -0.15) is 4.31 Å². The molecule has 20 heavy (non-hydrogen) atoms. The average molecular weight is 314 g/mol. The number of hydrogen-bond donors (Lipinski definition) is 1. The number of nitrogens with zero attached hydrogens (tertiary/aromatic N) is 1. The minimum atomic E-state index is -3.29. The van der Waals surface area contributed by atoms with Crippen molar-refractivity contribution in [2.75, 3.05) is 13.1 Å². The Labute approximate surface area is 125 Å². The Morgan fingerprint density at radius 2 is 2.20 bits per heavy atom. The van der Waals surface area contributed by atoms with Crippen LogP contribution in [0.1, 0.15) is 38.7 Å². The predicted molar refractivity (Wildman–Crippen MR) is 81.3 cm³/mol. The van der Waals surface area contributed by atoms with Crippen LogP contribution >= 0.6 is 11.3 Å². The van der Waals surface area contributed by atoms with E-state index in [0.717, 1.165) is 18.5 Å². The van der Waals surface area contributed by atoms with Crippen molar-refractivity contribution >= 4 is 21.4 Å². The molecular formula is C14H22N2O2S2. The van der Waals surface area contributed by atoms with E-state index in [4.69, 9.17) is 0 Å². The molecule has 0 aromatic carbocycles. The van der Waals surface area contributed by atoms with E-state index in [0.29, 0.717) is 23.3 Å². The highest BCUT2D eigenvalue weighted by molar-refractivity contribution is 7.91. The molecular weight excluding hydrogens is 292 g/mol. The molecule has 1 aliphatic heterocycles. The summed E-state index contributed by atoms with van der Waals surface area (Å²) >= 11 is 1.35. The molecule has 2 heterocycles. The van der Waals surface area contributed by atoms with Gasteiger partial charge in [0.25, 0.3) is 10.0 Å². The van der Waals surface area contributed by atoms with Crippen molar-refractivity contribution in [3.8, 4) is 0 Å². The predicted octanol–water partition coefficient (Wildman–Crippen LogP) is 2.42. The van der Waals surface area contributed by atoms with Crippen LogP contribution in [0.25, 0.3) is 0 Å². The Bertz CT molecular complexity index is 588. The van der Waals surface area contributed by atoms with Crippen molar-refractivity contribution in [1.82, 2.24) is 9.62 Å². The first-order valence-corrected chi connectivity index (χ1v) is 9.50. The number of sulfonamides is 1. The second-order valence-electron chi connectivity index (χ2n) is 6.68. The lowest BCUT2D eigenvalue weighted by Crippen LogP contribution is -2.29. The van der Waals surface area contributed by atoms with Crippen LogP contribution in [0.15, 0.2) is 15.7 Å². The van der Waals surface area contributed by atoms with Crippen LogP contribution in [0.5, 0.6) is 0 Å². The first-order valence-electron chi connectivity index (χ1n) is 7.18. The molecule has 0 spiro atoms. The smallest absolute Gasteiger partial charge is 0.252 e. The fraction of sp³-hybridized carbons (Fsp3) is 0.714. The summed E-state index contributed by atoms with van der Waals surface area (Å²) in [5, 5.41) is 5.38. The largest absolute Gasteiger partial charge is 0.310 e. The van der Waals surface area contributed by atoms with Gasteiger partial charge in [0.1, 0.15) is 4.21 Å². The molecule has 0 amide bonds. The first kappa shape index (κ1) is 14.5. The Hall–Kier alpha value is -0.430. The normalized spacial score (nSPS) is 23.3. The van der Waals surface area contributed by atoms with Gasteiger partial charge in [-0.25, -0.2) is 8.42 Å². The molecule has 0 unspecified atom stereocenters. The first-order chi connectivity index (χ1) is 9.37. The second kappa shape index (κ2) is 5.09. The van der Waals surface area contributed by atoms with E-state index >= 15 is 0 Å². The number of nitrogens with one attached hydrogen (secondary N) is 1. The monoisotopic (exact) mass is 314 g/mol. The molecule has 1 N–H and O–H groups in total. The summed E-state index contributed by atoms with van der Waals surface area (Å²) in [7, 11) is -3.29. The summed E-state index contributed by atoms with van der Waals surface area (Å²) in [6.45, 7) is 6.30. The van der Waals surface area contributed by atoms with Gasteiger partial charge < -0.3 is 5.32 Å². The molecule has 1 aliphatic carbocycles. The number of hydrogen-bond acceptors (Lipinski definition) is 4. The molecule has 1 aromatic rings. The van der Waals surface area contributed by atoms with Crippen molar-refractivity contribution in [3.63, 3.8) is 0 Å². The average Bonchev–Trinajstić information content (AvgIpc) is 2.93. The zero-order valence-electron chi connectivity index (χ0n) is 12.1. The van der Waals surface area contributed by atoms with Crippen molar-refractivity contribution in [2.45, 2.75) is 49.9 Å². The molecule has 6 heteroatoms. The van der Waals surface area contributed by atoms with Gasteiger partial charge in [-0.1, -0.05) is 13.8 Å². The van der Waals surface area contributed by atoms with E-state index in [-0.39, 0.29) is 5.41 Å². The minimum absolute atomic E-state index is 0.0979. The van der Waals surface area contributed by atoms with E-state index in [1.54, 1.807) is 4.31 Å². The van der Waals surface area contributed by atoms with Crippen LogP contribution in [0, 0.1) is 5.41 Å². The van der Waals surface area contributed by atoms with Gasteiger partial charge in [0, 0.05) is 25.7 Å². The lowest BCUT2D eigenvalue weighted by molar-refractivity contribution is 0.376. The summed E-state index contributed by atoms with van der Waals surface area (Å²) in [5.41, 5.74) is 1.18. The van der Waals surface area contributed by atoms with Crippen LogP contribution in [0.2, 0.25) is 0 Å². The maximum absolute atomic E-state index is 12.6. The van der Waals surface area contributed by atoms with Gasteiger partial charge in [0.15, 0.2) is 0 Å². The molecule has 112 valence electrons. The highest BCUT2D eigenvalue weighted by atomic mass is 32.2. The zero-order chi connectivity index (χ0) is 14.4. The van der Waals surface area contributed by atoms with E-state index < -0.39 is 10.0 Å². The van der Waals surface area contributed by atoms with Crippen LogP contribution in [0.4, 0.5) is 0 Å². The van der Waals surface area contributed by atoms with Crippen molar-refractivity contribution in [1.29, 1.82) is 0 Å². The molecule has 1 saturated heterocycles. The number of thiophene rings is 1. The maximum Gasteiger partial charge on any atom is 0.252 e. The van der Waals surface area contributed by atoms with Crippen molar-refractivity contribution in [3.05, 3.63) is 17.0 Å². The summed E-state index contributed by atoms with van der Waals surface area (Å²) in [6.07, 6.45) is 3.43. The van der Waals surface area contributed by atoms with E-state index in [9.17, 15) is 8.42 Å². The summed E-state index contributed by atoms with van der Waals surface area (Å²) < 4.78 is 27.3. The minimum Gasteiger partial charge on any atom is -0.310 e. The maximum atomic E-state index is 12.6. The van der Waals surface area contributed by atoms with Crippen LogP contribution < -0.4 is 5.32 Å². The Balaban J connectivity index is 1.70. The Morgan fingerprint density at radius 3 is 2.80 bits per heavy atom. The third kappa shape index (κ3) is 3.08. The SMILES string of the molecule is CC1(C)CCN(S(=O)(=O)c2cc(CNC3CC3)cs2)C1. The number of rotatable bonds is 5. The molecule has 1 aromatic heterocycles. The van der Waals surface area contributed by atoms with Gasteiger partial charge in [-0.3, -0.25) is 0 Å². The highest BCUT2D eigenvalue weighted by Crippen LogP contribution is 2.34. The molecule has 0 radical (unpaired) electrons. The van der Waals surface area contributed by atoms with Crippen LogP contribution in [-0.4, -0.2) is 31.9 Å². The molecule has 3 rings (SSSR count). The molecule has 2 aliphatic rings. The van der Waals surface area contributed by atoms with Gasteiger partial charge in [0.05, 0.1) is 0 Å². The lowest BCUT2D eigenvalue weighted by atomic mass is 9.93. The fourth-order valence-electron chi connectivity index (χ4n) is 2.53. The molecule has 2 fully saturated rings. The van der Waals surface area contributed by atoms with E-state index in [1.165, 1.54) is 24.2 Å². The highest BCUT2D eigenvalue weighted by Gasteiger charge is 2.37. The lowest BCUT2D eigenvalue weighted by Gasteiger charge is -2.18. The molecule has 0 atom stereocenters. The van der Waals surface area contributed by atoms with E-state index in [1.807, 2.05) is 11.4 Å². The van der Waals surface area contributed by atoms with Crippen LogP contribution in [0.3, 0.4) is 0 Å². The Kier molecular flexibility index (Phi) is 3.69. The topological polar surface area (TPSA) is 49.4 Å². The van der Waals surface area contributed by atoms with Crippen molar-refractivity contribution in [2.24, 2.45) is 5.41 Å². The fourth-order valence-corrected chi connectivity index (χ4v) is 5.52. The molecule has 4 nitrogen and oxygen atoms in total. The zero-order valence-corrected chi connectivity index (χ0v) is 13.7. The standard InChI is InChI=1S/C14H22N2O2S2/c1-14(2)5-6-16(10-14)20(17,18)13-7-11(9-19-13)8-15-12-3-4-12/h7,9,12,15H,3-6,8,10H2,1-2H3. The van der Waals surface area contributed by atoms with Gasteiger partial charge in [-0.05, 0) is 41.7 Å². The van der Waals surface area contributed by atoms with Gasteiger partial charge in [0.2, 0.25) is 0 Å². The summed E-state index contributed by atoms with van der Waals surface area (Å²) in [5.74, 6) is 0. The molecule has 1 saturated carbocycles. The van der Waals surface area contributed by atoms with Crippen LogP contribution in [-0.2, 0) is 16.6 Å². The second-order valence-corrected chi connectivity index (χ2v) is 9.76. The van der Waals surface area contributed by atoms with E-state index in [2.05, 4.69) is 19.2 Å². The Morgan fingerprint density at radius 1 is 1.45 bits per heavy atom. The summed E-state index contributed by atoms with van der Waals surface area (Å²) in [4.78, 5) is 0. The molecule has 0 bridgehead atoms. The third-order valence-electron chi connectivity index (χ3n) is 4.04.